The Morgan fingerprint density at radius 2 is 2.06 bits per heavy atom. The molecule has 4 rings (SSSR count). The van der Waals surface area contributed by atoms with Gasteiger partial charge in [0.1, 0.15) is 17.9 Å². The van der Waals surface area contributed by atoms with Crippen LogP contribution in [0.15, 0.2) is 75.8 Å². The number of aryl methyl sites for hydroxylation is 1. The number of nitrogens with zero attached hydrogens (tertiary/aromatic N) is 4. The number of halogens is 3. The van der Waals surface area contributed by atoms with E-state index in [1.54, 1.807) is 19.2 Å². The Morgan fingerprint density at radius 1 is 1.25 bits per heavy atom. The smallest absolute Gasteiger partial charge is 0.286 e. The zero-order chi connectivity index (χ0) is 25.8. The van der Waals surface area contributed by atoms with E-state index in [-0.39, 0.29) is 13.2 Å². The second-order valence-electron chi connectivity index (χ2n) is 7.97. The number of benzene rings is 1. The average molecular weight is 525 g/mol. The number of hydrogen-bond donors (Lipinski definition) is 0. The number of hydrogen-bond acceptors (Lipinski definition) is 5. The third-order valence-electron chi connectivity index (χ3n) is 5.64. The topological polar surface area (TPSA) is 69.4 Å². The minimum absolute atomic E-state index is 0.0467. The van der Waals surface area contributed by atoms with Crippen LogP contribution in [-0.2, 0) is 13.2 Å². The number of para-hydroxylation sites is 1. The lowest BCUT2D eigenvalue weighted by molar-refractivity contribution is 0.307. The molecule has 4 aromatic rings. The standard InChI is InChI=1S/C27H23Cl2FN4O2/c1-4-20(28)25(31-3)18-13-16(2)33-26-17(18)7-5-9-24(26)36-15-19-21(29)10-11-32-23(19)14-34-12-6-8-22(30)27(34)35/h4-13H,14-15H2,1-3H3/b20-4+,31-25-. The molecule has 0 saturated heterocycles. The maximum Gasteiger partial charge on any atom is 0.286 e. The molecule has 184 valence electrons. The number of aromatic nitrogens is 3. The Labute approximate surface area is 217 Å². The molecule has 9 heteroatoms. The monoisotopic (exact) mass is 524 g/mol. The van der Waals surface area contributed by atoms with Crippen molar-refractivity contribution >= 4 is 39.8 Å². The van der Waals surface area contributed by atoms with Gasteiger partial charge in [0.2, 0.25) is 0 Å². The summed E-state index contributed by atoms with van der Waals surface area (Å²) in [6.07, 6.45) is 4.83. The molecule has 36 heavy (non-hydrogen) atoms. The summed E-state index contributed by atoms with van der Waals surface area (Å²) >= 11 is 12.9. The highest BCUT2D eigenvalue weighted by molar-refractivity contribution is 6.47. The van der Waals surface area contributed by atoms with Crippen LogP contribution in [0.5, 0.6) is 5.75 Å². The van der Waals surface area contributed by atoms with Crippen LogP contribution in [-0.4, -0.2) is 27.3 Å². The number of ether oxygens (including phenoxy) is 1. The van der Waals surface area contributed by atoms with Crippen molar-refractivity contribution in [2.75, 3.05) is 7.05 Å². The number of pyridine rings is 3. The van der Waals surface area contributed by atoms with E-state index in [0.717, 1.165) is 22.7 Å². The van der Waals surface area contributed by atoms with Gasteiger partial charge in [-0.25, -0.2) is 9.37 Å². The highest BCUT2D eigenvalue weighted by atomic mass is 35.5. The molecule has 3 aromatic heterocycles. The summed E-state index contributed by atoms with van der Waals surface area (Å²) in [5, 5.41) is 1.80. The third-order valence-corrected chi connectivity index (χ3v) is 6.39. The van der Waals surface area contributed by atoms with E-state index in [2.05, 4.69) is 9.98 Å². The van der Waals surface area contributed by atoms with Gasteiger partial charge in [-0.05, 0) is 44.2 Å². The van der Waals surface area contributed by atoms with E-state index in [0.29, 0.717) is 38.3 Å². The number of allylic oxidation sites excluding steroid dienone is 2. The van der Waals surface area contributed by atoms with Crippen LogP contribution >= 0.6 is 23.2 Å². The second-order valence-corrected chi connectivity index (χ2v) is 8.78. The zero-order valence-corrected chi connectivity index (χ0v) is 21.4. The molecule has 0 saturated carbocycles. The van der Waals surface area contributed by atoms with Gasteiger partial charge >= 0.3 is 0 Å². The van der Waals surface area contributed by atoms with E-state index in [1.165, 1.54) is 23.0 Å². The first-order valence-electron chi connectivity index (χ1n) is 11.1. The molecule has 6 nitrogen and oxygen atoms in total. The van der Waals surface area contributed by atoms with Gasteiger partial charge in [0.15, 0.2) is 5.82 Å². The molecule has 0 aliphatic heterocycles. The van der Waals surface area contributed by atoms with Crippen molar-refractivity contribution in [1.82, 2.24) is 14.5 Å². The lowest BCUT2D eigenvalue weighted by Crippen LogP contribution is -2.23. The quantitative estimate of drug-likeness (QED) is 0.274. The summed E-state index contributed by atoms with van der Waals surface area (Å²) in [6.45, 7) is 3.86. The molecule has 0 amide bonds. The molecule has 0 aliphatic rings. The summed E-state index contributed by atoms with van der Waals surface area (Å²) in [4.78, 5) is 25.6. The number of aliphatic imine (C=N–C) groups is 1. The van der Waals surface area contributed by atoms with Crippen LogP contribution in [0.3, 0.4) is 0 Å². The average Bonchev–Trinajstić information content (AvgIpc) is 2.86. The van der Waals surface area contributed by atoms with Crippen molar-refractivity contribution < 1.29 is 9.13 Å². The van der Waals surface area contributed by atoms with Crippen molar-refractivity contribution in [1.29, 1.82) is 0 Å². The van der Waals surface area contributed by atoms with Crippen LogP contribution in [0.2, 0.25) is 5.02 Å². The third kappa shape index (κ3) is 5.17. The lowest BCUT2D eigenvalue weighted by Gasteiger charge is -2.16. The van der Waals surface area contributed by atoms with Gasteiger partial charge in [-0.3, -0.25) is 14.8 Å². The minimum Gasteiger partial charge on any atom is -0.486 e. The summed E-state index contributed by atoms with van der Waals surface area (Å²) in [7, 11) is 1.69. The van der Waals surface area contributed by atoms with Crippen LogP contribution in [0.25, 0.3) is 10.9 Å². The van der Waals surface area contributed by atoms with Crippen LogP contribution < -0.4 is 10.3 Å². The fourth-order valence-electron chi connectivity index (χ4n) is 3.90. The van der Waals surface area contributed by atoms with Crippen LogP contribution in [0.1, 0.15) is 29.4 Å². The Balaban J connectivity index is 1.72. The first-order chi connectivity index (χ1) is 17.3. The van der Waals surface area contributed by atoms with Crippen LogP contribution in [0.4, 0.5) is 4.39 Å². The van der Waals surface area contributed by atoms with Gasteiger partial charge in [0.25, 0.3) is 5.56 Å². The van der Waals surface area contributed by atoms with Gasteiger partial charge in [0, 0.05) is 41.6 Å². The maximum absolute atomic E-state index is 13.8. The van der Waals surface area contributed by atoms with E-state index in [9.17, 15) is 9.18 Å². The Kier molecular flexibility index (Phi) is 7.82. The largest absolute Gasteiger partial charge is 0.486 e. The van der Waals surface area contributed by atoms with Crippen molar-refractivity contribution in [2.24, 2.45) is 4.99 Å². The molecule has 3 heterocycles. The molecular formula is C27H23Cl2FN4O2. The first-order valence-corrected chi connectivity index (χ1v) is 11.9. The number of fused-ring (bicyclic) bond motifs is 1. The Hall–Kier alpha value is -3.55. The van der Waals surface area contributed by atoms with Crippen molar-refractivity contribution in [3.05, 3.63) is 110 Å². The van der Waals surface area contributed by atoms with Gasteiger partial charge in [-0.2, -0.15) is 0 Å². The van der Waals surface area contributed by atoms with Crippen molar-refractivity contribution in [3.63, 3.8) is 0 Å². The maximum atomic E-state index is 13.8. The molecule has 0 aliphatic carbocycles. The highest BCUT2D eigenvalue weighted by Gasteiger charge is 2.17. The molecule has 0 radical (unpaired) electrons. The molecule has 0 fully saturated rings. The minimum atomic E-state index is -0.835. The summed E-state index contributed by atoms with van der Waals surface area (Å²) in [5.41, 5.74) is 3.29. The summed E-state index contributed by atoms with van der Waals surface area (Å²) in [5.74, 6) is -0.295. The zero-order valence-electron chi connectivity index (χ0n) is 19.9. The molecule has 0 N–H and O–H groups in total. The van der Waals surface area contributed by atoms with Gasteiger partial charge in [-0.15, -0.1) is 0 Å². The highest BCUT2D eigenvalue weighted by Crippen LogP contribution is 2.31. The Bertz CT molecular complexity index is 1560. The second kappa shape index (κ2) is 11.0. The summed E-state index contributed by atoms with van der Waals surface area (Å²) in [6, 6.07) is 11.8. The Morgan fingerprint density at radius 3 is 2.81 bits per heavy atom. The molecule has 0 atom stereocenters. The molecule has 0 spiro atoms. The fraction of sp³-hybridized carbons (Fsp3) is 0.185. The van der Waals surface area contributed by atoms with Crippen molar-refractivity contribution in [2.45, 2.75) is 27.0 Å². The van der Waals surface area contributed by atoms with E-state index >= 15 is 0 Å². The van der Waals surface area contributed by atoms with Gasteiger partial charge in [0.05, 0.1) is 28.0 Å². The number of rotatable bonds is 7. The van der Waals surface area contributed by atoms with Gasteiger partial charge in [-0.1, -0.05) is 41.4 Å². The molecule has 0 bridgehead atoms. The first kappa shape index (κ1) is 25.5. The predicted octanol–water partition coefficient (Wildman–Crippen LogP) is 6.08. The van der Waals surface area contributed by atoms with E-state index < -0.39 is 11.4 Å². The van der Waals surface area contributed by atoms with E-state index in [4.69, 9.17) is 32.9 Å². The lowest BCUT2D eigenvalue weighted by atomic mass is 10.0. The predicted molar refractivity (Wildman–Crippen MR) is 142 cm³/mol. The van der Waals surface area contributed by atoms with Crippen LogP contribution in [0, 0.1) is 12.7 Å². The SMILES string of the molecule is C/C=C(Cl)\C(=N/C)c1cc(C)nc2c(OCc3c(Cl)ccnc3Cn3cccc(F)c3=O)cccc12. The normalized spacial score (nSPS) is 12.3. The van der Waals surface area contributed by atoms with E-state index in [1.807, 2.05) is 38.1 Å². The van der Waals surface area contributed by atoms with Gasteiger partial charge < -0.3 is 9.30 Å². The van der Waals surface area contributed by atoms with Crippen molar-refractivity contribution in [3.8, 4) is 5.75 Å². The molecular weight excluding hydrogens is 502 g/mol. The summed E-state index contributed by atoms with van der Waals surface area (Å²) < 4.78 is 21.2. The molecule has 0 unspecified atom stereocenters. The fourth-order valence-corrected chi connectivity index (χ4v) is 4.30. The molecule has 1 aromatic carbocycles.